The molecule has 2 fully saturated rings. The van der Waals surface area contributed by atoms with Crippen LogP contribution in [0.15, 0.2) is 0 Å². The van der Waals surface area contributed by atoms with E-state index in [2.05, 4.69) is 0 Å². The van der Waals surface area contributed by atoms with Gasteiger partial charge in [-0.15, -0.1) is 0 Å². The molecule has 0 aromatic rings. The summed E-state index contributed by atoms with van der Waals surface area (Å²) in [6.45, 7) is 1.10. The largest absolute Gasteiger partial charge is 0.391 e. The number of hydrogen-bond donors (Lipinski definition) is 4. The Labute approximate surface area is 82.6 Å². The third-order valence-corrected chi connectivity index (χ3v) is 3.28. The fourth-order valence-electron chi connectivity index (χ4n) is 2.50. The van der Waals surface area contributed by atoms with Gasteiger partial charge in [0, 0.05) is 6.54 Å². The van der Waals surface area contributed by atoms with Crippen LogP contribution in [0.4, 0.5) is 0 Å². The molecule has 2 rings (SSSR count). The molecule has 2 heterocycles. The second-order valence-corrected chi connectivity index (χ2v) is 4.24. The summed E-state index contributed by atoms with van der Waals surface area (Å²) < 4.78 is 0. The van der Waals surface area contributed by atoms with E-state index in [4.69, 9.17) is 0 Å². The fraction of sp³-hybridized carbons (Fsp3) is 1.00. The van der Waals surface area contributed by atoms with E-state index in [0.29, 0.717) is 13.0 Å². The first kappa shape index (κ1) is 10.3. The molecule has 2 aliphatic heterocycles. The average molecular weight is 203 g/mol. The first-order valence-corrected chi connectivity index (χ1v) is 5.07. The van der Waals surface area contributed by atoms with Gasteiger partial charge < -0.3 is 20.4 Å². The van der Waals surface area contributed by atoms with Gasteiger partial charge in [-0.1, -0.05) is 0 Å². The van der Waals surface area contributed by atoms with Crippen molar-refractivity contribution in [3.63, 3.8) is 0 Å². The van der Waals surface area contributed by atoms with Gasteiger partial charge >= 0.3 is 0 Å². The zero-order valence-corrected chi connectivity index (χ0v) is 7.95. The summed E-state index contributed by atoms with van der Waals surface area (Å²) in [5.41, 5.74) is 0. The van der Waals surface area contributed by atoms with E-state index in [-0.39, 0.29) is 0 Å². The zero-order valence-electron chi connectivity index (χ0n) is 7.95. The Morgan fingerprint density at radius 2 is 1.64 bits per heavy atom. The summed E-state index contributed by atoms with van der Waals surface area (Å²) in [6, 6.07) is -0.415. The van der Waals surface area contributed by atoms with E-state index < -0.39 is 30.5 Å². The monoisotopic (exact) mass is 203 g/mol. The van der Waals surface area contributed by atoms with Crippen molar-refractivity contribution in [1.82, 2.24) is 4.90 Å². The molecule has 0 bridgehead atoms. The number of aliphatic hydroxyl groups is 4. The van der Waals surface area contributed by atoms with E-state index in [1.807, 2.05) is 4.90 Å². The summed E-state index contributed by atoms with van der Waals surface area (Å²) in [7, 11) is 0. The number of fused-ring (bicyclic) bond motifs is 1. The molecule has 5 atom stereocenters. The number of rotatable bonds is 0. The van der Waals surface area contributed by atoms with E-state index >= 15 is 0 Å². The Kier molecular flexibility index (Phi) is 2.77. The number of hydrogen-bond acceptors (Lipinski definition) is 5. The molecule has 0 radical (unpaired) electrons. The van der Waals surface area contributed by atoms with Crippen molar-refractivity contribution >= 4 is 0 Å². The number of nitrogens with zero attached hydrogens (tertiary/aromatic N) is 1. The van der Waals surface area contributed by atoms with Gasteiger partial charge in [0.15, 0.2) is 0 Å². The molecular weight excluding hydrogens is 186 g/mol. The summed E-state index contributed by atoms with van der Waals surface area (Å²) in [5.74, 6) is 0. The van der Waals surface area contributed by atoms with E-state index in [0.717, 1.165) is 13.0 Å². The molecule has 4 N–H and O–H groups in total. The van der Waals surface area contributed by atoms with Crippen LogP contribution < -0.4 is 0 Å². The molecule has 0 aromatic carbocycles. The standard InChI is InChI=1S/C9H17NO4/c11-5-2-1-3-10-4-6(12)8(13)9(14)7(5)10/h5-9,11-14H,1-4H2/t5-,6+,7+,8+,9+/m0/s1. The van der Waals surface area contributed by atoms with Crippen molar-refractivity contribution in [2.45, 2.75) is 43.3 Å². The van der Waals surface area contributed by atoms with Crippen molar-refractivity contribution in [2.24, 2.45) is 0 Å². The lowest BCUT2D eigenvalue weighted by atomic mass is 9.86. The van der Waals surface area contributed by atoms with Gasteiger partial charge in [0.25, 0.3) is 0 Å². The summed E-state index contributed by atoms with van der Waals surface area (Å²) in [4.78, 5) is 1.86. The van der Waals surface area contributed by atoms with Gasteiger partial charge in [-0.25, -0.2) is 0 Å². The topological polar surface area (TPSA) is 84.2 Å². The van der Waals surface area contributed by atoms with Gasteiger partial charge in [-0.05, 0) is 19.4 Å². The second-order valence-electron chi connectivity index (χ2n) is 4.24. The minimum absolute atomic E-state index is 0.333. The normalized spacial score (nSPS) is 50.1. The Balaban J connectivity index is 2.14. The lowest BCUT2D eigenvalue weighted by Gasteiger charge is -2.48. The summed E-state index contributed by atoms with van der Waals surface area (Å²) in [5, 5.41) is 38.3. The van der Waals surface area contributed by atoms with E-state index in [9.17, 15) is 20.4 Å². The third-order valence-electron chi connectivity index (χ3n) is 3.28. The van der Waals surface area contributed by atoms with Gasteiger partial charge in [0.1, 0.15) is 12.2 Å². The van der Waals surface area contributed by atoms with Crippen molar-refractivity contribution < 1.29 is 20.4 Å². The lowest BCUT2D eigenvalue weighted by molar-refractivity contribution is -0.169. The van der Waals surface area contributed by atoms with Crippen LogP contribution in [0, 0.1) is 0 Å². The highest BCUT2D eigenvalue weighted by Gasteiger charge is 2.45. The van der Waals surface area contributed by atoms with Gasteiger partial charge in [0.05, 0.1) is 18.2 Å². The fourth-order valence-corrected chi connectivity index (χ4v) is 2.50. The van der Waals surface area contributed by atoms with E-state index in [1.165, 1.54) is 0 Å². The highest BCUT2D eigenvalue weighted by molar-refractivity contribution is 4.99. The Hall–Kier alpha value is -0.200. The Morgan fingerprint density at radius 3 is 2.36 bits per heavy atom. The molecule has 0 aromatic heterocycles. The zero-order chi connectivity index (χ0) is 10.3. The van der Waals surface area contributed by atoms with Crippen LogP contribution in [0.3, 0.4) is 0 Å². The molecule has 0 saturated carbocycles. The first-order chi connectivity index (χ1) is 6.61. The van der Waals surface area contributed by atoms with Crippen LogP contribution in [0.1, 0.15) is 12.8 Å². The minimum atomic E-state index is -1.14. The maximum Gasteiger partial charge on any atom is 0.109 e. The third kappa shape index (κ3) is 1.55. The van der Waals surface area contributed by atoms with Gasteiger partial charge in [0.2, 0.25) is 0 Å². The van der Waals surface area contributed by atoms with E-state index in [1.54, 1.807) is 0 Å². The highest BCUT2D eigenvalue weighted by atomic mass is 16.4. The maximum atomic E-state index is 9.70. The predicted molar refractivity (Wildman–Crippen MR) is 48.6 cm³/mol. The second kappa shape index (κ2) is 3.75. The van der Waals surface area contributed by atoms with Crippen molar-refractivity contribution in [1.29, 1.82) is 0 Å². The average Bonchev–Trinajstić information content (AvgIpc) is 2.14. The van der Waals surface area contributed by atoms with Crippen LogP contribution in [0.5, 0.6) is 0 Å². The van der Waals surface area contributed by atoms with Crippen LogP contribution in [0.2, 0.25) is 0 Å². The molecule has 0 spiro atoms. The quantitative estimate of drug-likeness (QED) is 0.363. The molecular formula is C9H17NO4. The molecule has 14 heavy (non-hydrogen) atoms. The molecule has 5 heteroatoms. The molecule has 0 unspecified atom stereocenters. The van der Waals surface area contributed by atoms with Crippen LogP contribution in [-0.2, 0) is 0 Å². The number of piperidine rings is 2. The molecule has 0 amide bonds. The maximum absolute atomic E-state index is 9.70. The Bertz CT molecular complexity index is 211. The first-order valence-electron chi connectivity index (χ1n) is 5.07. The van der Waals surface area contributed by atoms with Crippen LogP contribution in [-0.4, -0.2) is 68.9 Å². The molecule has 5 nitrogen and oxygen atoms in total. The smallest absolute Gasteiger partial charge is 0.109 e. The molecule has 2 aliphatic rings. The minimum Gasteiger partial charge on any atom is -0.391 e. The van der Waals surface area contributed by atoms with Crippen molar-refractivity contribution in [3.8, 4) is 0 Å². The number of aliphatic hydroxyl groups excluding tert-OH is 4. The lowest BCUT2D eigenvalue weighted by Crippen LogP contribution is -2.66. The van der Waals surface area contributed by atoms with Gasteiger partial charge in [-0.3, -0.25) is 4.90 Å². The summed E-state index contributed by atoms with van der Waals surface area (Å²) >= 11 is 0. The highest BCUT2D eigenvalue weighted by Crippen LogP contribution is 2.27. The van der Waals surface area contributed by atoms with Crippen LogP contribution >= 0.6 is 0 Å². The SMILES string of the molecule is O[C@H]1[C@H](O)[C@H](O)CN2CCC[C@H](O)[C@H]12. The summed E-state index contributed by atoms with van der Waals surface area (Å²) in [6.07, 6.45) is -2.17. The molecule has 0 aliphatic carbocycles. The van der Waals surface area contributed by atoms with Crippen molar-refractivity contribution in [2.75, 3.05) is 13.1 Å². The Morgan fingerprint density at radius 1 is 0.929 bits per heavy atom. The predicted octanol–water partition coefficient (Wildman–Crippen LogP) is -2.09. The van der Waals surface area contributed by atoms with Gasteiger partial charge in [-0.2, -0.15) is 0 Å². The molecule has 2 saturated heterocycles. The van der Waals surface area contributed by atoms with Crippen LogP contribution in [0.25, 0.3) is 0 Å². The molecule has 82 valence electrons. The van der Waals surface area contributed by atoms with Crippen molar-refractivity contribution in [3.05, 3.63) is 0 Å².